The number of carbonyl (C=O) groups excluding carboxylic acids is 1. The molecule has 1 atom stereocenters. The number of methoxy groups -OCH3 is 3. The molecule has 3 rings (SSSR count). The lowest BCUT2D eigenvalue weighted by atomic mass is 10.0. The second-order valence-electron chi connectivity index (χ2n) is 5.91. The normalized spacial score (nSPS) is 15.2. The fourth-order valence-corrected chi connectivity index (χ4v) is 2.82. The van der Waals surface area contributed by atoms with Crippen LogP contribution in [-0.2, 0) is 15.9 Å². The molecule has 1 aliphatic rings. The quantitative estimate of drug-likeness (QED) is 0.625. The van der Waals surface area contributed by atoms with Crippen molar-refractivity contribution in [2.75, 3.05) is 34.9 Å². The van der Waals surface area contributed by atoms with Crippen LogP contribution in [0.2, 0.25) is 0 Å². The molecule has 27 heavy (non-hydrogen) atoms. The molecule has 0 saturated heterocycles. The molecule has 7 nitrogen and oxygen atoms in total. The van der Waals surface area contributed by atoms with E-state index in [0.717, 1.165) is 5.56 Å². The van der Waals surface area contributed by atoms with Crippen molar-refractivity contribution in [3.63, 3.8) is 0 Å². The van der Waals surface area contributed by atoms with E-state index in [-0.39, 0.29) is 19.4 Å². The molecule has 0 amide bonds. The fourth-order valence-electron chi connectivity index (χ4n) is 2.82. The van der Waals surface area contributed by atoms with E-state index in [2.05, 4.69) is 0 Å². The van der Waals surface area contributed by atoms with Crippen LogP contribution < -0.4 is 18.9 Å². The first-order chi connectivity index (χ1) is 13.2. The van der Waals surface area contributed by atoms with Crippen molar-refractivity contribution < 1.29 is 33.2 Å². The molecule has 0 N–H and O–H groups in total. The monoisotopic (exact) mass is 374 g/mol. The molecule has 0 fully saturated rings. The van der Waals surface area contributed by atoms with Crippen LogP contribution in [0.4, 0.5) is 0 Å². The Bertz CT molecular complexity index is 803. The number of ether oxygens (including phenoxy) is 6. The third-order valence-electron chi connectivity index (χ3n) is 4.14. The van der Waals surface area contributed by atoms with Crippen LogP contribution in [-0.4, -0.2) is 46.8 Å². The summed E-state index contributed by atoms with van der Waals surface area (Å²) in [7, 11) is 4.67. The molecule has 0 radical (unpaired) electrons. The molecule has 7 heteroatoms. The number of hydrogen-bond acceptors (Lipinski definition) is 7. The molecule has 2 aromatic carbocycles. The Kier molecular flexibility index (Phi) is 6.16. The Morgan fingerprint density at radius 2 is 1.67 bits per heavy atom. The van der Waals surface area contributed by atoms with Gasteiger partial charge in [-0.1, -0.05) is 6.07 Å². The van der Waals surface area contributed by atoms with Gasteiger partial charge in [-0.2, -0.15) is 0 Å². The van der Waals surface area contributed by atoms with Crippen molar-refractivity contribution in [2.45, 2.75) is 12.5 Å². The van der Waals surface area contributed by atoms with Crippen molar-refractivity contribution in [3.05, 3.63) is 47.5 Å². The average Bonchev–Trinajstić information content (AvgIpc) is 3.00. The first-order valence-corrected chi connectivity index (χ1v) is 8.41. The lowest BCUT2D eigenvalue weighted by molar-refractivity contribution is 0.0497. The summed E-state index contributed by atoms with van der Waals surface area (Å²) in [6, 6.07) is 10.6. The zero-order chi connectivity index (χ0) is 19.2. The van der Waals surface area contributed by atoms with Crippen molar-refractivity contribution >= 4 is 5.78 Å². The third kappa shape index (κ3) is 4.32. The van der Waals surface area contributed by atoms with E-state index < -0.39 is 6.10 Å². The van der Waals surface area contributed by atoms with Crippen LogP contribution in [0.1, 0.15) is 15.9 Å². The summed E-state index contributed by atoms with van der Waals surface area (Å²) in [4.78, 5) is 12.7. The van der Waals surface area contributed by atoms with Gasteiger partial charge < -0.3 is 28.4 Å². The van der Waals surface area contributed by atoms with Gasteiger partial charge in [-0.15, -0.1) is 0 Å². The molecule has 1 unspecified atom stereocenters. The number of hydrogen-bond donors (Lipinski definition) is 0. The Hall–Kier alpha value is -2.77. The van der Waals surface area contributed by atoms with Crippen LogP contribution in [0.3, 0.4) is 0 Å². The van der Waals surface area contributed by atoms with Crippen LogP contribution in [0.15, 0.2) is 36.4 Å². The number of fused-ring (bicyclic) bond motifs is 1. The molecule has 0 aromatic heterocycles. The number of Topliss-reactive ketones (excluding diaryl/α,β-unsaturated/α-hetero) is 1. The van der Waals surface area contributed by atoms with Gasteiger partial charge in [0.15, 0.2) is 19.7 Å². The minimum Gasteiger partial charge on any atom is -0.497 e. The fraction of sp³-hybridized carbons (Fsp3) is 0.350. The number of benzene rings is 2. The summed E-state index contributed by atoms with van der Waals surface area (Å²) in [6.45, 7) is 0.224. The molecule has 1 heterocycles. The molecule has 1 aliphatic heterocycles. The van der Waals surface area contributed by atoms with Gasteiger partial charge in [0.1, 0.15) is 23.0 Å². The highest BCUT2D eigenvalue weighted by molar-refractivity contribution is 6.04. The van der Waals surface area contributed by atoms with Crippen LogP contribution in [0.5, 0.6) is 23.0 Å². The van der Waals surface area contributed by atoms with Crippen LogP contribution in [0.25, 0.3) is 0 Å². The molecule has 0 aliphatic carbocycles. The summed E-state index contributed by atoms with van der Waals surface area (Å²) in [6.07, 6.45) is -0.263. The Labute approximate surface area is 157 Å². The molecule has 0 bridgehead atoms. The van der Waals surface area contributed by atoms with Gasteiger partial charge in [-0.25, -0.2) is 0 Å². The van der Waals surface area contributed by atoms with Gasteiger partial charge in [-0.3, -0.25) is 4.79 Å². The summed E-state index contributed by atoms with van der Waals surface area (Å²) in [5.41, 5.74) is 1.37. The first-order valence-electron chi connectivity index (χ1n) is 8.41. The van der Waals surface area contributed by atoms with Gasteiger partial charge >= 0.3 is 0 Å². The molecule has 2 aromatic rings. The van der Waals surface area contributed by atoms with Gasteiger partial charge in [0.25, 0.3) is 0 Å². The zero-order valence-corrected chi connectivity index (χ0v) is 15.5. The first kappa shape index (κ1) is 19.0. The summed E-state index contributed by atoms with van der Waals surface area (Å²) >= 11 is 0. The summed E-state index contributed by atoms with van der Waals surface area (Å²) in [5, 5.41) is 0. The minimum absolute atomic E-state index is 0.0724. The Morgan fingerprint density at radius 1 is 0.926 bits per heavy atom. The predicted molar refractivity (Wildman–Crippen MR) is 96.9 cm³/mol. The highest BCUT2D eigenvalue weighted by Crippen LogP contribution is 2.35. The van der Waals surface area contributed by atoms with Gasteiger partial charge in [0, 0.05) is 32.8 Å². The van der Waals surface area contributed by atoms with E-state index in [0.29, 0.717) is 35.0 Å². The summed E-state index contributed by atoms with van der Waals surface area (Å²) < 4.78 is 32.0. The number of carbonyl (C=O) groups is 1. The number of ketones is 1. The van der Waals surface area contributed by atoms with E-state index >= 15 is 0 Å². The second-order valence-corrected chi connectivity index (χ2v) is 5.91. The van der Waals surface area contributed by atoms with E-state index in [1.165, 1.54) is 0 Å². The second kappa shape index (κ2) is 8.75. The van der Waals surface area contributed by atoms with Gasteiger partial charge in [0.2, 0.25) is 5.78 Å². The van der Waals surface area contributed by atoms with Crippen molar-refractivity contribution in [3.8, 4) is 23.0 Å². The maximum atomic E-state index is 12.7. The maximum Gasteiger partial charge on any atom is 0.207 e. The summed E-state index contributed by atoms with van der Waals surface area (Å²) in [5.74, 6) is 2.26. The maximum absolute atomic E-state index is 12.7. The van der Waals surface area contributed by atoms with Crippen LogP contribution in [0, 0.1) is 0 Å². The van der Waals surface area contributed by atoms with Gasteiger partial charge in [0.05, 0.1) is 12.7 Å². The number of rotatable bonds is 9. The standard InChI is InChI=1S/C20H22O7/c1-22-11-25-15-6-7-16-18(10-15)27-19(20(16)21)8-13-4-5-14(24-3)9-17(13)26-12-23-2/h4-7,9-10,19H,8,11-12H2,1-3H3. The van der Waals surface area contributed by atoms with Crippen molar-refractivity contribution in [2.24, 2.45) is 0 Å². The van der Waals surface area contributed by atoms with E-state index in [1.54, 1.807) is 45.6 Å². The molecular formula is C20H22O7. The lowest BCUT2D eigenvalue weighted by Gasteiger charge is -2.15. The van der Waals surface area contributed by atoms with Gasteiger partial charge in [-0.05, 0) is 23.8 Å². The predicted octanol–water partition coefficient (Wildman–Crippen LogP) is 2.85. The Balaban J connectivity index is 1.77. The highest BCUT2D eigenvalue weighted by atomic mass is 16.7. The largest absolute Gasteiger partial charge is 0.497 e. The minimum atomic E-state index is -0.629. The van der Waals surface area contributed by atoms with E-state index in [4.69, 9.17) is 28.4 Å². The third-order valence-corrected chi connectivity index (χ3v) is 4.14. The van der Waals surface area contributed by atoms with E-state index in [1.807, 2.05) is 12.1 Å². The van der Waals surface area contributed by atoms with Crippen molar-refractivity contribution in [1.82, 2.24) is 0 Å². The van der Waals surface area contributed by atoms with Crippen LogP contribution >= 0.6 is 0 Å². The van der Waals surface area contributed by atoms with E-state index in [9.17, 15) is 4.79 Å². The zero-order valence-electron chi connectivity index (χ0n) is 15.5. The molecule has 0 spiro atoms. The average molecular weight is 374 g/mol. The molecular weight excluding hydrogens is 352 g/mol. The Morgan fingerprint density at radius 3 is 2.41 bits per heavy atom. The smallest absolute Gasteiger partial charge is 0.207 e. The lowest BCUT2D eigenvalue weighted by Crippen LogP contribution is -2.23. The topological polar surface area (TPSA) is 72.5 Å². The highest BCUT2D eigenvalue weighted by Gasteiger charge is 2.33. The molecule has 0 saturated carbocycles. The van der Waals surface area contributed by atoms with Crippen molar-refractivity contribution in [1.29, 1.82) is 0 Å². The SMILES string of the molecule is COCOc1ccc2c(c1)OC(Cc1ccc(OC)cc1OCOC)C2=O. The molecule has 144 valence electrons.